The SMILES string of the molecule is O=C(NCc1cccnc1)Nc1ccc(S(=O)(=O)N2CCN(c3ccc(Cl)cc3)CC2)cc1. The predicted molar refractivity (Wildman–Crippen MR) is 129 cm³/mol. The molecule has 0 spiro atoms. The van der Waals surface area contributed by atoms with E-state index in [9.17, 15) is 13.2 Å². The lowest BCUT2D eigenvalue weighted by Gasteiger charge is -2.35. The van der Waals surface area contributed by atoms with Gasteiger partial charge in [0.1, 0.15) is 0 Å². The number of urea groups is 1. The molecule has 2 aromatic carbocycles. The highest BCUT2D eigenvalue weighted by molar-refractivity contribution is 7.89. The molecule has 8 nitrogen and oxygen atoms in total. The summed E-state index contributed by atoms with van der Waals surface area (Å²) in [5.41, 5.74) is 2.41. The lowest BCUT2D eigenvalue weighted by atomic mass is 10.2. The highest BCUT2D eigenvalue weighted by atomic mass is 35.5. The Morgan fingerprint density at radius 1 is 0.970 bits per heavy atom. The first-order chi connectivity index (χ1) is 15.9. The number of carbonyl (C=O) groups is 1. The van der Waals surface area contributed by atoms with Gasteiger partial charge in [0.05, 0.1) is 4.90 Å². The Morgan fingerprint density at radius 3 is 2.30 bits per heavy atom. The van der Waals surface area contributed by atoms with Gasteiger partial charge in [-0.3, -0.25) is 4.98 Å². The molecule has 33 heavy (non-hydrogen) atoms. The second kappa shape index (κ2) is 10.2. The van der Waals surface area contributed by atoms with Gasteiger partial charge in [-0.2, -0.15) is 4.31 Å². The van der Waals surface area contributed by atoms with Gasteiger partial charge in [-0.15, -0.1) is 0 Å². The normalized spacial score (nSPS) is 14.6. The minimum absolute atomic E-state index is 0.198. The van der Waals surface area contributed by atoms with Crippen molar-refractivity contribution in [3.8, 4) is 0 Å². The van der Waals surface area contributed by atoms with Gasteiger partial charge in [-0.05, 0) is 60.2 Å². The van der Waals surface area contributed by atoms with Gasteiger partial charge in [0, 0.05) is 61.5 Å². The number of benzene rings is 2. The van der Waals surface area contributed by atoms with E-state index in [-0.39, 0.29) is 10.9 Å². The fourth-order valence-corrected chi connectivity index (χ4v) is 5.11. The van der Waals surface area contributed by atoms with E-state index in [0.717, 1.165) is 11.3 Å². The predicted octanol–water partition coefficient (Wildman–Crippen LogP) is 3.57. The highest BCUT2D eigenvalue weighted by Crippen LogP contribution is 2.23. The van der Waals surface area contributed by atoms with Crippen LogP contribution in [0.1, 0.15) is 5.56 Å². The summed E-state index contributed by atoms with van der Waals surface area (Å²) in [6, 6.07) is 17.0. The molecule has 4 rings (SSSR count). The third kappa shape index (κ3) is 5.81. The number of hydrogen-bond acceptors (Lipinski definition) is 5. The largest absolute Gasteiger partial charge is 0.369 e. The number of aromatic nitrogens is 1. The molecule has 0 aliphatic carbocycles. The van der Waals surface area contributed by atoms with Crippen molar-refractivity contribution in [1.82, 2.24) is 14.6 Å². The first kappa shape index (κ1) is 23.0. The fraction of sp³-hybridized carbons (Fsp3) is 0.217. The van der Waals surface area contributed by atoms with Gasteiger partial charge >= 0.3 is 6.03 Å². The van der Waals surface area contributed by atoms with Crippen molar-refractivity contribution in [1.29, 1.82) is 0 Å². The molecule has 0 unspecified atom stereocenters. The van der Waals surface area contributed by atoms with Crippen LogP contribution in [-0.4, -0.2) is 49.9 Å². The molecule has 1 aromatic heterocycles. The summed E-state index contributed by atoms with van der Waals surface area (Å²) >= 11 is 5.95. The van der Waals surface area contributed by atoms with Crippen molar-refractivity contribution in [2.45, 2.75) is 11.4 Å². The molecular weight excluding hydrogens is 462 g/mol. The fourth-order valence-electron chi connectivity index (χ4n) is 3.56. The second-order valence-corrected chi connectivity index (χ2v) is 9.94. The number of rotatable bonds is 6. The molecule has 1 saturated heterocycles. The van der Waals surface area contributed by atoms with Crippen LogP contribution in [0.5, 0.6) is 0 Å². The molecule has 2 N–H and O–H groups in total. The maximum absolute atomic E-state index is 13.1. The smallest absolute Gasteiger partial charge is 0.319 e. The van der Waals surface area contributed by atoms with Crippen LogP contribution in [0.25, 0.3) is 0 Å². The molecule has 1 fully saturated rings. The van der Waals surface area contributed by atoms with Gasteiger partial charge in [0.25, 0.3) is 0 Å². The van der Waals surface area contributed by atoms with Crippen molar-refractivity contribution >= 4 is 39.0 Å². The van der Waals surface area contributed by atoms with Crippen LogP contribution in [0.4, 0.5) is 16.2 Å². The van der Waals surface area contributed by atoms with Gasteiger partial charge < -0.3 is 15.5 Å². The molecule has 3 aromatic rings. The van der Waals surface area contributed by atoms with E-state index in [1.54, 1.807) is 30.6 Å². The highest BCUT2D eigenvalue weighted by Gasteiger charge is 2.28. The number of piperazine rings is 1. The number of hydrogen-bond donors (Lipinski definition) is 2. The van der Waals surface area contributed by atoms with Crippen molar-refractivity contribution in [3.05, 3.63) is 83.6 Å². The van der Waals surface area contributed by atoms with E-state index in [4.69, 9.17) is 11.6 Å². The topological polar surface area (TPSA) is 94.6 Å². The average molecular weight is 486 g/mol. The number of pyridine rings is 1. The maximum atomic E-state index is 13.1. The molecule has 0 atom stereocenters. The Balaban J connectivity index is 1.32. The van der Waals surface area contributed by atoms with Crippen molar-refractivity contribution < 1.29 is 13.2 Å². The monoisotopic (exact) mass is 485 g/mol. The number of halogens is 1. The summed E-state index contributed by atoms with van der Waals surface area (Å²) in [5.74, 6) is 0. The summed E-state index contributed by atoms with van der Waals surface area (Å²) in [5, 5.41) is 6.11. The van der Waals surface area contributed by atoms with Crippen LogP contribution < -0.4 is 15.5 Å². The average Bonchev–Trinajstić information content (AvgIpc) is 2.84. The van der Waals surface area contributed by atoms with Crippen LogP contribution in [0, 0.1) is 0 Å². The van der Waals surface area contributed by atoms with Crippen LogP contribution in [0.15, 0.2) is 78.0 Å². The lowest BCUT2D eigenvalue weighted by Crippen LogP contribution is -2.48. The van der Waals surface area contributed by atoms with E-state index in [1.807, 2.05) is 30.3 Å². The Hall–Kier alpha value is -3.14. The molecular formula is C23H24ClN5O3S. The molecule has 0 bridgehead atoms. The van der Waals surface area contributed by atoms with Crippen LogP contribution in [0.3, 0.4) is 0 Å². The quantitative estimate of drug-likeness (QED) is 0.556. The Kier molecular flexibility index (Phi) is 7.12. The van der Waals surface area contributed by atoms with Crippen molar-refractivity contribution in [3.63, 3.8) is 0 Å². The van der Waals surface area contributed by atoms with Crippen molar-refractivity contribution in [2.24, 2.45) is 0 Å². The third-order valence-corrected chi connectivity index (χ3v) is 7.52. The first-order valence-electron chi connectivity index (χ1n) is 10.5. The summed E-state index contributed by atoms with van der Waals surface area (Å²) in [7, 11) is -3.62. The molecule has 172 valence electrons. The summed E-state index contributed by atoms with van der Waals surface area (Å²) in [6.45, 7) is 2.31. The van der Waals surface area contributed by atoms with E-state index in [1.165, 1.54) is 16.4 Å². The van der Waals surface area contributed by atoms with Crippen LogP contribution in [0.2, 0.25) is 5.02 Å². The molecule has 10 heteroatoms. The maximum Gasteiger partial charge on any atom is 0.319 e. The van der Waals surface area contributed by atoms with E-state index in [0.29, 0.717) is 43.4 Å². The minimum Gasteiger partial charge on any atom is -0.369 e. The number of anilines is 2. The lowest BCUT2D eigenvalue weighted by molar-refractivity contribution is 0.251. The number of nitrogens with zero attached hydrogens (tertiary/aromatic N) is 3. The molecule has 0 radical (unpaired) electrons. The van der Waals surface area contributed by atoms with Gasteiger partial charge in [0.15, 0.2) is 0 Å². The number of amides is 2. The zero-order chi connectivity index (χ0) is 23.3. The standard InChI is InChI=1S/C23H24ClN5O3S/c24-19-3-7-21(8-4-19)28-12-14-29(15-13-28)33(31,32)22-9-5-20(6-10-22)27-23(30)26-17-18-2-1-11-25-16-18/h1-11,16H,12-15,17H2,(H2,26,27,30). The van der Waals surface area contributed by atoms with E-state index in [2.05, 4.69) is 20.5 Å². The summed E-state index contributed by atoms with van der Waals surface area (Å²) in [6.07, 6.45) is 3.34. The molecule has 2 heterocycles. The summed E-state index contributed by atoms with van der Waals surface area (Å²) in [4.78, 5) is 18.4. The zero-order valence-electron chi connectivity index (χ0n) is 17.8. The number of nitrogens with one attached hydrogen (secondary N) is 2. The van der Waals surface area contributed by atoms with Gasteiger partial charge in [0.2, 0.25) is 10.0 Å². The molecule has 1 aliphatic rings. The van der Waals surface area contributed by atoms with Crippen LogP contribution >= 0.6 is 11.6 Å². The van der Waals surface area contributed by atoms with E-state index >= 15 is 0 Å². The zero-order valence-corrected chi connectivity index (χ0v) is 19.4. The van der Waals surface area contributed by atoms with Gasteiger partial charge in [-0.1, -0.05) is 17.7 Å². The Labute approximate surface area is 198 Å². The van der Waals surface area contributed by atoms with Gasteiger partial charge in [-0.25, -0.2) is 13.2 Å². The molecule has 1 aliphatic heterocycles. The van der Waals surface area contributed by atoms with Crippen LogP contribution in [-0.2, 0) is 16.6 Å². The second-order valence-electron chi connectivity index (χ2n) is 7.56. The number of carbonyl (C=O) groups excluding carboxylic acids is 1. The van der Waals surface area contributed by atoms with E-state index < -0.39 is 10.0 Å². The molecule has 2 amide bonds. The molecule has 0 saturated carbocycles. The number of sulfonamides is 1. The third-order valence-electron chi connectivity index (χ3n) is 5.36. The summed E-state index contributed by atoms with van der Waals surface area (Å²) < 4.78 is 27.6. The minimum atomic E-state index is -3.62. The first-order valence-corrected chi connectivity index (χ1v) is 12.3. The Bertz CT molecular complexity index is 1180. The van der Waals surface area contributed by atoms with Crippen molar-refractivity contribution in [2.75, 3.05) is 36.4 Å². The Morgan fingerprint density at radius 2 is 1.67 bits per heavy atom.